The molecule has 0 aromatic carbocycles. The summed E-state index contributed by atoms with van der Waals surface area (Å²) >= 11 is 0. The highest BCUT2D eigenvalue weighted by molar-refractivity contribution is 5.79. The van der Waals surface area contributed by atoms with Crippen molar-refractivity contribution < 1.29 is 4.79 Å². The highest BCUT2D eigenvalue weighted by Crippen LogP contribution is 2.15. The molecule has 94 valence electrons. The third-order valence-corrected chi connectivity index (χ3v) is 3.42. The Kier molecular flexibility index (Phi) is 5.77. The molecule has 0 saturated carbocycles. The van der Waals surface area contributed by atoms with E-state index in [4.69, 9.17) is 5.73 Å². The molecule has 1 atom stereocenters. The van der Waals surface area contributed by atoms with Gasteiger partial charge in [0.05, 0.1) is 6.04 Å². The second-order valence-corrected chi connectivity index (χ2v) is 4.77. The Labute approximate surface area is 98.6 Å². The maximum Gasteiger partial charge on any atom is 0.234 e. The van der Waals surface area contributed by atoms with Gasteiger partial charge in [0.25, 0.3) is 0 Å². The normalized spacial score (nSPS) is 19.9. The van der Waals surface area contributed by atoms with E-state index in [-0.39, 0.29) is 11.9 Å². The van der Waals surface area contributed by atoms with Crippen molar-refractivity contribution in [1.82, 2.24) is 10.2 Å². The van der Waals surface area contributed by atoms with Crippen molar-refractivity contribution in [1.29, 1.82) is 0 Å². The molecule has 1 heterocycles. The number of carbonyl (C=O) groups is 1. The van der Waals surface area contributed by atoms with Gasteiger partial charge in [0.1, 0.15) is 0 Å². The lowest BCUT2D eigenvalue weighted by Gasteiger charge is -2.32. The highest BCUT2D eigenvalue weighted by atomic mass is 16.1. The van der Waals surface area contributed by atoms with Gasteiger partial charge < -0.3 is 11.1 Å². The fourth-order valence-corrected chi connectivity index (χ4v) is 2.31. The summed E-state index contributed by atoms with van der Waals surface area (Å²) in [6.45, 7) is 8.25. The van der Waals surface area contributed by atoms with E-state index >= 15 is 0 Å². The summed E-state index contributed by atoms with van der Waals surface area (Å²) in [5.41, 5.74) is 5.38. The molecule has 0 bridgehead atoms. The van der Waals surface area contributed by atoms with E-state index in [1.165, 1.54) is 12.8 Å². The van der Waals surface area contributed by atoms with E-state index < -0.39 is 0 Å². The van der Waals surface area contributed by atoms with Crippen LogP contribution in [0.1, 0.15) is 33.1 Å². The van der Waals surface area contributed by atoms with Crippen molar-refractivity contribution in [3.8, 4) is 0 Å². The number of primary amides is 1. The summed E-state index contributed by atoms with van der Waals surface area (Å²) in [5.74, 6) is 0.511. The topological polar surface area (TPSA) is 58.4 Å². The predicted molar refractivity (Wildman–Crippen MR) is 66.1 cm³/mol. The second-order valence-electron chi connectivity index (χ2n) is 4.77. The minimum absolute atomic E-state index is 0.130. The van der Waals surface area contributed by atoms with Gasteiger partial charge >= 0.3 is 0 Å². The van der Waals surface area contributed by atoms with Crippen LogP contribution >= 0.6 is 0 Å². The van der Waals surface area contributed by atoms with Crippen LogP contribution in [0.4, 0.5) is 0 Å². The summed E-state index contributed by atoms with van der Waals surface area (Å²) in [4.78, 5) is 13.5. The van der Waals surface area contributed by atoms with Crippen molar-refractivity contribution in [2.45, 2.75) is 39.2 Å². The molecule has 4 nitrogen and oxygen atoms in total. The number of hydrogen-bond acceptors (Lipinski definition) is 3. The van der Waals surface area contributed by atoms with Crippen LogP contribution in [0.25, 0.3) is 0 Å². The summed E-state index contributed by atoms with van der Waals surface area (Å²) in [7, 11) is 0. The molecule has 0 radical (unpaired) electrons. The van der Waals surface area contributed by atoms with Gasteiger partial charge in [0.15, 0.2) is 0 Å². The minimum Gasteiger partial charge on any atom is -0.368 e. The van der Waals surface area contributed by atoms with Gasteiger partial charge in [-0.1, -0.05) is 6.92 Å². The maximum absolute atomic E-state index is 11.2. The Balaban J connectivity index is 2.45. The molecule has 1 fully saturated rings. The van der Waals surface area contributed by atoms with E-state index in [0.717, 1.165) is 38.5 Å². The summed E-state index contributed by atoms with van der Waals surface area (Å²) in [6, 6.07) is -0.130. The number of rotatable bonds is 6. The van der Waals surface area contributed by atoms with Crippen LogP contribution in [0, 0.1) is 5.92 Å². The van der Waals surface area contributed by atoms with Gasteiger partial charge in [-0.15, -0.1) is 0 Å². The number of nitrogens with two attached hydrogens (primary N) is 1. The van der Waals surface area contributed by atoms with Gasteiger partial charge in [-0.05, 0) is 51.7 Å². The molecule has 16 heavy (non-hydrogen) atoms. The van der Waals surface area contributed by atoms with Crippen LogP contribution in [0.3, 0.4) is 0 Å². The molecule has 3 N–H and O–H groups in total. The molecule has 0 aromatic rings. The first-order valence-corrected chi connectivity index (χ1v) is 6.39. The molecular weight excluding hydrogens is 202 g/mol. The van der Waals surface area contributed by atoms with Gasteiger partial charge in [-0.3, -0.25) is 9.69 Å². The number of nitrogens with one attached hydrogen (secondary N) is 1. The largest absolute Gasteiger partial charge is 0.368 e. The Morgan fingerprint density at radius 2 is 2.12 bits per heavy atom. The van der Waals surface area contributed by atoms with Crippen molar-refractivity contribution in [3.63, 3.8) is 0 Å². The number of nitrogens with zero attached hydrogens (tertiary/aromatic N) is 1. The summed E-state index contributed by atoms with van der Waals surface area (Å²) < 4.78 is 0. The minimum atomic E-state index is -0.206. The Hall–Kier alpha value is -0.610. The van der Waals surface area contributed by atoms with E-state index in [2.05, 4.69) is 17.1 Å². The molecular formula is C12H25N3O. The zero-order valence-electron chi connectivity index (χ0n) is 10.5. The average Bonchev–Trinajstić information content (AvgIpc) is 2.29. The van der Waals surface area contributed by atoms with E-state index in [9.17, 15) is 4.79 Å². The fraction of sp³-hybridized carbons (Fsp3) is 0.917. The molecule has 1 unspecified atom stereocenters. The van der Waals surface area contributed by atoms with Gasteiger partial charge in [0.2, 0.25) is 5.91 Å². The SMILES string of the molecule is CCCN(CC1CCNCC1)C(C)C(N)=O. The van der Waals surface area contributed by atoms with Crippen LogP contribution < -0.4 is 11.1 Å². The third-order valence-electron chi connectivity index (χ3n) is 3.42. The Morgan fingerprint density at radius 1 is 1.50 bits per heavy atom. The average molecular weight is 227 g/mol. The molecule has 4 heteroatoms. The molecule has 1 amide bonds. The molecule has 1 aliphatic rings. The van der Waals surface area contributed by atoms with Crippen LogP contribution in [0.2, 0.25) is 0 Å². The van der Waals surface area contributed by atoms with Crippen molar-refractivity contribution in [2.75, 3.05) is 26.2 Å². The van der Waals surface area contributed by atoms with Crippen molar-refractivity contribution in [2.24, 2.45) is 11.7 Å². The highest BCUT2D eigenvalue weighted by Gasteiger charge is 2.22. The van der Waals surface area contributed by atoms with E-state index in [1.54, 1.807) is 0 Å². The summed E-state index contributed by atoms with van der Waals surface area (Å²) in [6.07, 6.45) is 3.50. The van der Waals surface area contributed by atoms with Crippen LogP contribution in [0.15, 0.2) is 0 Å². The molecule has 0 aliphatic carbocycles. The fourth-order valence-electron chi connectivity index (χ4n) is 2.31. The number of piperidine rings is 1. The number of carbonyl (C=O) groups excluding carboxylic acids is 1. The predicted octanol–water partition coefficient (Wildman–Crippen LogP) is 0.572. The third kappa shape index (κ3) is 4.10. The molecule has 1 saturated heterocycles. The van der Waals surface area contributed by atoms with E-state index in [0.29, 0.717) is 0 Å². The number of amides is 1. The summed E-state index contributed by atoms with van der Waals surface area (Å²) in [5, 5.41) is 3.36. The Bertz CT molecular complexity index is 214. The van der Waals surface area contributed by atoms with Crippen LogP contribution in [-0.2, 0) is 4.79 Å². The van der Waals surface area contributed by atoms with Crippen LogP contribution in [0.5, 0.6) is 0 Å². The van der Waals surface area contributed by atoms with Gasteiger partial charge in [-0.25, -0.2) is 0 Å². The zero-order chi connectivity index (χ0) is 12.0. The molecule has 0 aromatic heterocycles. The van der Waals surface area contributed by atoms with E-state index in [1.807, 2.05) is 6.92 Å². The second kappa shape index (κ2) is 6.86. The number of hydrogen-bond donors (Lipinski definition) is 2. The van der Waals surface area contributed by atoms with Crippen LogP contribution in [-0.4, -0.2) is 43.0 Å². The van der Waals surface area contributed by atoms with Crippen molar-refractivity contribution >= 4 is 5.91 Å². The molecule has 1 rings (SSSR count). The molecule has 1 aliphatic heterocycles. The first-order valence-electron chi connectivity index (χ1n) is 6.39. The first-order chi connectivity index (χ1) is 7.65. The maximum atomic E-state index is 11.2. The lowest BCUT2D eigenvalue weighted by Crippen LogP contribution is -2.46. The zero-order valence-corrected chi connectivity index (χ0v) is 10.5. The smallest absolute Gasteiger partial charge is 0.234 e. The quantitative estimate of drug-likeness (QED) is 0.697. The molecule has 0 spiro atoms. The lowest BCUT2D eigenvalue weighted by molar-refractivity contribution is -0.122. The first kappa shape index (κ1) is 13.5. The van der Waals surface area contributed by atoms with Gasteiger partial charge in [0, 0.05) is 6.54 Å². The lowest BCUT2D eigenvalue weighted by atomic mass is 9.97. The van der Waals surface area contributed by atoms with Gasteiger partial charge in [-0.2, -0.15) is 0 Å². The van der Waals surface area contributed by atoms with Crippen molar-refractivity contribution in [3.05, 3.63) is 0 Å². The monoisotopic (exact) mass is 227 g/mol. The standard InChI is InChI=1S/C12H25N3O/c1-3-8-15(10(2)12(13)16)9-11-4-6-14-7-5-11/h10-11,14H,3-9H2,1-2H3,(H2,13,16). The Morgan fingerprint density at radius 3 is 2.62 bits per heavy atom.